The fraction of sp³-hybridized carbons (Fsp3) is 0.273. The van der Waals surface area contributed by atoms with Crippen LogP contribution in [-0.4, -0.2) is 6.36 Å². The van der Waals surface area contributed by atoms with Crippen LogP contribution >= 0.6 is 0 Å². The van der Waals surface area contributed by atoms with Gasteiger partial charge in [0, 0.05) is 10.9 Å². The zero-order valence-electron chi connectivity index (χ0n) is 15.2. The van der Waals surface area contributed by atoms with Crippen LogP contribution in [0.4, 0.5) is 22.0 Å². The molecule has 6 heteroatoms. The molecule has 3 aromatic rings. The lowest BCUT2D eigenvalue weighted by Gasteiger charge is -2.12. The molecule has 0 aromatic heterocycles. The molecule has 28 heavy (non-hydrogen) atoms. The summed E-state index contributed by atoms with van der Waals surface area (Å²) in [5, 5.41) is 1.11. The molecule has 0 fully saturated rings. The monoisotopic (exact) mass is 394 g/mol. The number of hydrogen-bond acceptors (Lipinski definition) is 1. The maximum absolute atomic E-state index is 15.0. The number of halogens is 5. The molecule has 3 rings (SSSR count). The van der Waals surface area contributed by atoms with Crippen LogP contribution in [0.25, 0.3) is 21.9 Å². The van der Waals surface area contributed by atoms with E-state index in [0.29, 0.717) is 5.39 Å². The Hall–Kier alpha value is -2.63. The van der Waals surface area contributed by atoms with Crippen LogP contribution in [0.1, 0.15) is 31.7 Å². The van der Waals surface area contributed by atoms with Gasteiger partial charge in [-0.1, -0.05) is 56.2 Å². The highest BCUT2D eigenvalue weighted by Crippen LogP contribution is 2.33. The average molecular weight is 394 g/mol. The summed E-state index contributed by atoms with van der Waals surface area (Å²) in [6.45, 7) is 2.13. The molecule has 0 radical (unpaired) electrons. The molecule has 0 N–H and O–H groups in total. The van der Waals surface area contributed by atoms with Crippen molar-refractivity contribution in [3.05, 3.63) is 65.7 Å². The Bertz CT molecular complexity index is 979. The van der Waals surface area contributed by atoms with E-state index >= 15 is 0 Å². The Morgan fingerprint density at radius 1 is 0.893 bits per heavy atom. The van der Waals surface area contributed by atoms with Crippen LogP contribution in [0.5, 0.6) is 5.75 Å². The van der Waals surface area contributed by atoms with Gasteiger partial charge in [-0.15, -0.1) is 13.2 Å². The van der Waals surface area contributed by atoms with Crippen molar-refractivity contribution in [1.29, 1.82) is 0 Å². The maximum Gasteiger partial charge on any atom is 0.573 e. The highest BCUT2D eigenvalue weighted by molar-refractivity contribution is 5.88. The molecule has 0 spiro atoms. The van der Waals surface area contributed by atoms with Gasteiger partial charge < -0.3 is 4.74 Å². The van der Waals surface area contributed by atoms with Gasteiger partial charge in [0.1, 0.15) is 5.82 Å². The first-order valence-corrected chi connectivity index (χ1v) is 9.05. The smallest absolute Gasteiger partial charge is 0.403 e. The predicted molar refractivity (Wildman–Crippen MR) is 99.2 cm³/mol. The average Bonchev–Trinajstić information content (AvgIpc) is 2.63. The Morgan fingerprint density at radius 3 is 2.36 bits per heavy atom. The number of ether oxygens (including phenoxy) is 1. The topological polar surface area (TPSA) is 9.23 Å². The molecule has 1 nitrogen and oxygen atoms in total. The van der Waals surface area contributed by atoms with E-state index in [2.05, 4.69) is 11.7 Å². The van der Waals surface area contributed by atoms with Crippen LogP contribution in [0.3, 0.4) is 0 Å². The van der Waals surface area contributed by atoms with E-state index in [9.17, 15) is 22.0 Å². The summed E-state index contributed by atoms with van der Waals surface area (Å²) in [5.41, 5.74) is 1.37. The minimum atomic E-state index is -4.99. The van der Waals surface area contributed by atoms with Gasteiger partial charge in [0.2, 0.25) is 0 Å². The first kappa shape index (κ1) is 20.1. The summed E-state index contributed by atoms with van der Waals surface area (Å²) in [7, 11) is 0. The molecular formula is C22H19F5O. The number of benzene rings is 3. The molecule has 0 aliphatic rings. The minimum Gasteiger partial charge on any atom is -0.403 e. The first-order valence-electron chi connectivity index (χ1n) is 9.05. The third-order valence-corrected chi connectivity index (χ3v) is 4.56. The first-order chi connectivity index (χ1) is 13.3. The molecule has 0 heterocycles. The second-order valence-electron chi connectivity index (χ2n) is 6.63. The van der Waals surface area contributed by atoms with E-state index in [4.69, 9.17) is 0 Å². The van der Waals surface area contributed by atoms with E-state index in [1.54, 1.807) is 12.1 Å². The van der Waals surface area contributed by atoms with Crippen molar-refractivity contribution in [1.82, 2.24) is 0 Å². The van der Waals surface area contributed by atoms with Gasteiger partial charge >= 0.3 is 6.36 Å². The van der Waals surface area contributed by atoms with Crippen LogP contribution in [0, 0.1) is 11.6 Å². The van der Waals surface area contributed by atoms with Crippen molar-refractivity contribution < 1.29 is 26.7 Å². The summed E-state index contributed by atoms with van der Waals surface area (Å²) >= 11 is 0. The van der Waals surface area contributed by atoms with Gasteiger partial charge in [0.15, 0.2) is 11.6 Å². The molecule has 0 saturated carbocycles. The van der Waals surface area contributed by atoms with E-state index < -0.39 is 23.7 Å². The number of alkyl halides is 3. The molecule has 0 atom stereocenters. The van der Waals surface area contributed by atoms with Crippen molar-refractivity contribution in [2.45, 2.75) is 39.0 Å². The summed E-state index contributed by atoms with van der Waals surface area (Å²) in [6, 6.07) is 11.6. The number of hydrogen-bond donors (Lipinski definition) is 0. The molecule has 0 saturated heterocycles. The quantitative estimate of drug-likeness (QED) is 0.312. The maximum atomic E-state index is 15.0. The van der Waals surface area contributed by atoms with E-state index in [1.165, 1.54) is 12.1 Å². The molecule has 0 amide bonds. The third kappa shape index (κ3) is 4.61. The van der Waals surface area contributed by atoms with Gasteiger partial charge in [-0.2, -0.15) is 0 Å². The minimum absolute atomic E-state index is 0.115. The highest BCUT2D eigenvalue weighted by Gasteiger charge is 2.32. The summed E-state index contributed by atoms with van der Waals surface area (Å²) < 4.78 is 69.3. The van der Waals surface area contributed by atoms with Crippen molar-refractivity contribution in [2.75, 3.05) is 0 Å². The lowest BCUT2D eigenvalue weighted by Crippen LogP contribution is -2.17. The number of fused-ring (bicyclic) bond motifs is 1. The zero-order valence-corrected chi connectivity index (χ0v) is 15.2. The summed E-state index contributed by atoms with van der Waals surface area (Å²) in [4.78, 5) is 0. The molecule has 148 valence electrons. The Kier molecular flexibility index (Phi) is 5.87. The lowest BCUT2D eigenvalue weighted by atomic mass is 9.97. The van der Waals surface area contributed by atoms with Gasteiger partial charge in [-0.25, -0.2) is 8.78 Å². The second-order valence-corrected chi connectivity index (χ2v) is 6.63. The predicted octanol–water partition coefficient (Wildman–Crippen LogP) is 7.42. The van der Waals surface area contributed by atoms with E-state index in [1.807, 2.05) is 12.1 Å². The Labute approximate surface area is 159 Å². The van der Waals surface area contributed by atoms with Gasteiger partial charge in [-0.05, 0) is 41.5 Å². The molecule has 0 aliphatic heterocycles. The summed E-state index contributed by atoms with van der Waals surface area (Å²) in [6.07, 6.45) is -0.765. The number of rotatable bonds is 6. The second kappa shape index (κ2) is 8.17. The lowest BCUT2D eigenvalue weighted by molar-refractivity contribution is -0.275. The fourth-order valence-electron chi connectivity index (χ4n) is 3.17. The standard InChI is InChI=1S/C22H19F5O/c1-2-3-4-5-14-6-9-17-15(12-14)7-10-18(21(17)24)16-8-11-20(19(23)13-16)28-22(25,26)27/h6-13H,2-5H2,1H3. The number of aryl methyl sites for hydroxylation is 1. The summed E-state index contributed by atoms with van der Waals surface area (Å²) in [5.74, 6) is -2.70. The zero-order chi connectivity index (χ0) is 20.3. The fourth-order valence-corrected chi connectivity index (χ4v) is 3.17. The number of unbranched alkanes of at least 4 members (excludes halogenated alkanes) is 2. The van der Waals surface area contributed by atoms with Crippen LogP contribution in [0.15, 0.2) is 48.5 Å². The van der Waals surface area contributed by atoms with Crippen LogP contribution in [0.2, 0.25) is 0 Å². The normalized spacial score (nSPS) is 11.8. The van der Waals surface area contributed by atoms with Crippen LogP contribution < -0.4 is 4.74 Å². The Balaban J connectivity index is 1.92. The SMILES string of the molecule is CCCCCc1ccc2c(F)c(-c3ccc(OC(F)(F)F)c(F)c3)ccc2c1. The molecular weight excluding hydrogens is 375 g/mol. The molecule has 0 unspecified atom stereocenters. The van der Waals surface area contributed by atoms with Gasteiger partial charge in [0.25, 0.3) is 0 Å². The molecule has 3 aromatic carbocycles. The third-order valence-electron chi connectivity index (χ3n) is 4.56. The van der Waals surface area contributed by atoms with Crippen molar-refractivity contribution in [3.8, 4) is 16.9 Å². The van der Waals surface area contributed by atoms with Gasteiger partial charge in [0.05, 0.1) is 0 Å². The molecule has 0 aliphatic carbocycles. The van der Waals surface area contributed by atoms with E-state index in [-0.39, 0.29) is 11.1 Å². The van der Waals surface area contributed by atoms with Crippen LogP contribution in [-0.2, 0) is 6.42 Å². The molecule has 0 bridgehead atoms. The van der Waals surface area contributed by atoms with Crippen molar-refractivity contribution in [2.24, 2.45) is 0 Å². The Morgan fingerprint density at radius 2 is 1.68 bits per heavy atom. The van der Waals surface area contributed by atoms with E-state index in [0.717, 1.165) is 48.8 Å². The van der Waals surface area contributed by atoms with Crippen molar-refractivity contribution in [3.63, 3.8) is 0 Å². The van der Waals surface area contributed by atoms with Crippen molar-refractivity contribution >= 4 is 10.8 Å². The highest BCUT2D eigenvalue weighted by atomic mass is 19.4. The largest absolute Gasteiger partial charge is 0.573 e. The van der Waals surface area contributed by atoms with Gasteiger partial charge in [-0.3, -0.25) is 0 Å².